The van der Waals surface area contributed by atoms with Gasteiger partial charge in [-0.1, -0.05) is 40.5 Å². The average molecular weight is 421 g/mol. The number of aliphatic hydroxyl groups is 1. The number of hydrogen-bond acceptors (Lipinski definition) is 7. The Kier molecular flexibility index (Phi) is 14.6. The number of carboxylic acids is 1. The van der Waals surface area contributed by atoms with Crippen LogP contribution in [0.2, 0.25) is 0 Å². The van der Waals surface area contributed by atoms with Gasteiger partial charge in [0.1, 0.15) is 6.04 Å². The summed E-state index contributed by atoms with van der Waals surface area (Å²) in [4.78, 5) is 24.0. The van der Waals surface area contributed by atoms with Crippen molar-refractivity contribution in [1.29, 1.82) is 0 Å². The number of rotatable bonds is 16. The Bertz CT molecular complexity index is 456. The first kappa shape index (κ1) is 27.1. The van der Waals surface area contributed by atoms with Crippen molar-refractivity contribution in [3.63, 3.8) is 0 Å². The molecule has 9 heteroatoms. The Labute approximate surface area is 174 Å². The molecule has 0 rings (SSSR count). The lowest BCUT2D eigenvalue weighted by Gasteiger charge is -2.30. The zero-order valence-electron chi connectivity index (χ0n) is 17.6. The van der Waals surface area contributed by atoms with Crippen LogP contribution in [0.25, 0.3) is 0 Å². The van der Waals surface area contributed by atoms with Gasteiger partial charge < -0.3 is 31.9 Å². The predicted octanol–water partition coefficient (Wildman–Crippen LogP) is 0.204. The van der Waals surface area contributed by atoms with E-state index in [2.05, 4.69) is 42.4 Å². The highest BCUT2D eigenvalue weighted by Gasteiger charge is 2.29. The Morgan fingerprint density at radius 3 is 2.14 bits per heavy atom. The summed E-state index contributed by atoms with van der Waals surface area (Å²) in [5.41, 5.74) is 5.95. The minimum Gasteiger partial charge on any atom is -0.480 e. The third-order valence-corrected chi connectivity index (χ3v) is 5.76. The summed E-state index contributed by atoms with van der Waals surface area (Å²) in [5.74, 6) is -0.509. The first-order valence-electron chi connectivity index (χ1n) is 10.2. The number of nitrogens with two attached hydrogens (primary N) is 1. The van der Waals surface area contributed by atoms with Crippen LogP contribution < -0.4 is 21.7 Å². The average Bonchev–Trinajstić information content (AvgIpc) is 2.68. The van der Waals surface area contributed by atoms with Crippen LogP contribution in [0.4, 0.5) is 0 Å². The van der Waals surface area contributed by atoms with Crippen molar-refractivity contribution < 1.29 is 19.8 Å². The number of carboxylic acid groups (broad SMARTS) is 1. The van der Waals surface area contributed by atoms with E-state index < -0.39 is 18.1 Å². The Hall–Kier alpha value is -0.870. The molecule has 0 aliphatic rings. The third kappa shape index (κ3) is 10.1. The van der Waals surface area contributed by atoms with E-state index in [0.717, 1.165) is 12.8 Å². The fourth-order valence-electron chi connectivity index (χ4n) is 2.82. The van der Waals surface area contributed by atoms with Crippen LogP contribution in [-0.2, 0) is 9.59 Å². The molecule has 0 unspecified atom stereocenters. The van der Waals surface area contributed by atoms with Gasteiger partial charge in [-0.05, 0) is 11.8 Å². The quantitative estimate of drug-likeness (QED) is 0.177. The second-order valence-corrected chi connectivity index (χ2v) is 7.89. The molecule has 0 aromatic carbocycles. The number of amides is 1. The molecule has 0 fully saturated rings. The van der Waals surface area contributed by atoms with Crippen molar-refractivity contribution >= 4 is 24.5 Å². The van der Waals surface area contributed by atoms with E-state index in [-0.39, 0.29) is 36.9 Å². The number of aliphatic carboxylic acids is 1. The van der Waals surface area contributed by atoms with Gasteiger partial charge in [0.05, 0.1) is 6.04 Å². The van der Waals surface area contributed by atoms with Crippen molar-refractivity contribution in [2.45, 2.75) is 71.1 Å². The summed E-state index contributed by atoms with van der Waals surface area (Å²) in [6.07, 6.45) is 1.73. The summed E-state index contributed by atoms with van der Waals surface area (Å²) < 4.78 is 0. The minimum absolute atomic E-state index is 0.0209. The first-order valence-corrected chi connectivity index (χ1v) is 10.8. The van der Waals surface area contributed by atoms with E-state index >= 15 is 0 Å². The molecule has 0 aromatic heterocycles. The van der Waals surface area contributed by atoms with Gasteiger partial charge >= 0.3 is 5.97 Å². The van der Waals surface area contributed by atoms with Crippen LogP contribution >= 0.6 is 12.6 Å². The third-order valence-electron chi connectivity index (χ3n) is 5.29. The SMILES string of the molecule is CC[C@@H](C)[C@@H](CN[C@H](C(=O)N[C@@H](CCO)C(=O)O)[C@@H](C)CC)NC[C@@H](N)CS. The second kappa shape index (κ2) is 15.0. The van der Waals surface area contributed by atoms with E-state index in [4.69, 9.17) is 10.8 Å². The van der Waals surface area contributed by atoms with E-state index in [1.807, 2.05) is 13.8 Å². The summed E-state index contributed by atoms with van der Waals surface area (Å²) in [5, 5.41) is 27.6. The molecule has 0 saturated heterocycles. The number of carbonyl (C=O) groups is 2. The Morgan fingerprint density at radius 2 is 1.68 bits per heavy atom. The minimum atomic E-state index is -1.15. The van der Waals surface area contributed by atoms with Gasteiger partial charge in [0.2, 0.25) is 5.91 Å². The molecule has 7 N–H and O–H groups in total. The number of hydrogen-bond donors (Lipinski definition) is 7. The molecule has 8 nitrogen and oxygen atoms in total. The molecule has 28 heavy (non-hydrogen) atoms. The highest BCUT2D eigenvalue weighted by atomic mass is 32.1. The summed E-state index contributed by atoms with van der Waals surface area (Å²) in [7, 11) is 0. The topological polar surface area (TPSA) is 137 Å². The molecule has 0 bridgehead atoms. The molecule has 6 atom stereocenters. The normalized spacial score (nSPS) is 18.0. The van der Waals surface area contributed by atoms with Gasteiger partial charge in [-0.3, -0.25) is 4.79 Å². The molecule has 0 saturated carbocycles. The molecule has 1 amide bonds. The van der Waals surface area contributed by atoms with Gasteiger partial charge in [0.25, 0.3) is 0 Å². The number of nitrogens with one attached hydrogen (secondary N) is 3. The molecule has 166 valence electrons. The van der Waals surface area contributed by atoms with E-state index in [0.29, 0.717) is 24.8 Å². The predicted molar refractivity (Wildman–Crippen MR) is 116 cm³/mol. The molecule has 0 spiro atoms. The molecular formula is C19H40N4O4S. The van der Waals surface area contributed by atoms with Crippen molar-refractivity contribution in [2.24, 2.45) is 17.6 Å². The molecule has 0 aromatic rings. The lowest BCUT2D eigenvalue weighted by atomic mass is 9.95. The van der Waals surface area contributed by atoms with Crippen molar-refractivity contribution in [1.82, 2.24) is 16.0 Å². The number of aliphatic hydroxyl groups excluding tert-OH is 1. The summed E-state index contributed by atoms with van der Waals surface area (Å²) in [6, 6.07) is -1.53. The first-order chi connectivity index (χ1) is 13.2. The van der Waals surface area contributed by atoms with Gasteiger partial charge in [-0.2, -0.15) is 12.6 Å². The maximum atomic E-state index is 12.7. The van der Waals surface area contributed by atoms with Gasteiger partial charge in [-0.25, -0.2) is 4.79 Å². The number of carbonyl (C=O) groups excluding carboxylic acids is 1. The molecule has 0 aliphatic carbocycles. The van der Waals surface area contributed by atoms with E-state index in [1.54, 1.807) is 0 Å². The molecule has 0 radical (unpaired) electrons. The highest BCUT2D eigenvalue weighted by Crippen LogP contribution is 2.12. The molecular weight excluding hydrogens is 380 g/mol. The van der Waals surface area contributed by atoms with Gasteiger partial charge in [-0.15, -0.1) is 0 Å². The maximum absolute atomic E-state index is 12.7. The van der Waals surface area contributed by atoms with Crippen molar-refractivity contribution in [2.75, 3.05) is 25.4 Å². The van der Waals surface area contributed by atoms with Crippen molar-refractivity contribution in [3.05, 3.63) is 0 Å². The highest BCUT2D eigenvalue weighted by molar-refractivity contribution is 7.80. The van der Waals surface area contributed by atoms with Gasteiger partial charge in [0.15, 0.2) is 0 Å². The standard InChI is InChI=1S/C19H40N4O4S/c1-5-12(3)16(21-9-14(20)11-28)10-22-17(13(4)6-2)18(25)23-15(7-8-24)19(26)27/h12-17,21-22,24,28H,5-11,20H2,1-4H3,(H,23,25)(H,26,27)/t12-,13+,14-,15+,16-,17+/m1/s1. The zero-order valence-corrected chi connectivity index (χ0v) is 18.5. The van der Waals surface area contributed by atoms with Crippen LogP contribution in [0.1, 0.15) is 47.0 Å². The van der Waals surface area contributed by atoms with E-state index in [9.17, 15) is 14.7 Å². The summed E-state index contributed by atoms with van der Waals surface area (Å²) in [6.45, 7) is 9.11. The monoisotopic (exact) mass is 420 g/mol. The van der Waals surface area contributed by atoms with Gasteiger partial charge in [0, 0.05) is 44.0 Å². The van der Waals surface area contributed by atoms with E-state index in [1.165, 1.54) is 0 Å². The number of thiol groups is 1. The largest absolute Gasteiger partial charge is 0.480 e. The summed E-state index contributed by atoms with van der Waals surface area (Å²) >= 11 is 4.21. The van der Waals surface area contributed by atoms with Crippen LogP contribution in [-0.4, -0.2) is 71.7 Å². The Balaban J connectivity index is 5.07. The van der Waals surface area contributed by atoms with Crippen molar-refractivity contribution in [3.8, 4) is 0 Å². The zero-order chi connectivity index (χ0) is 21.7. The molecule has 0 aliphatic heterocycles. The van der Waals surface area contributed by atoms with Crippen LogP contribution in [0.5, 0.6) is 0 Å². The lowest BCUT2D eigenvalue weighted by Crippen LogP contribution is -2.56. The molecule has 0 heterocycles. The van der Waals surface area contributed by atoms with Crippen LogP contribution in [0, 0.1) is 11.8 Å². The fraction of sp³-hybridized carbons (Fsp3) is 0.895. The second-order valence-electron chi connectivity index (χ2n) is 7.53. The maximum Gasteiger partial charge on any atom is 0.326 e. The fourth-order valence-corrected chi connectivity index (χ4v) is 2.95. The Morgan fingerprint density at radius 1 is 1.07 bits per heavy atom. The van der Waals surface area contributed by atoms with Crippen LogP contribution in [0.3, 0.4) is 0 Å². The smallest absolute Gasteiger partial charge is 0.326 e. The lowest BCUT2D eigenvalue weighted by molar-refractivity contribution is -0.142. The van der Waals surface area contributed by atoms with Crippen LogP contribution in [0.15, 0.2) is 0 Å².